The lowest BCUT2D eigenvalue weighted by Gasteiger charge is -2.36. The average molecular weight is 607 g/mol. The largest absolute Gasteiger partial charge is 0.493 e. The van der Waals surface area contributed by atoms with E-state index in [1.54, 1.807) is 54.5 Å². The molecular weight excluding hydrogens is 564 g/mol. The number of fused-ring (bicyclic) bond motifs is 1. The smallest absolute Gasteiger partial charge is 0.254 e. The molecule has 0 unspecified atom stereocenters. The molecule has 7 heteroatoms. The van der Waals surface area contributed by atoms with Gasteiger partial charge in [-0.2, -0.15) is 0 Å². The van der Waals surface area contributed by atoms with Crippen LogP contribution in [0.3, 0.4) is 0 Å². The summed E-state index contributed by atoms with van der Waals surface area (Å²) in [4.78, 5) is 29.5. The Kier molecular flexibility index (Phi) is 10.4. The van der Waals surface area contributed by atoms with E-state index in [-0.39, 0.29) is 17.9 Å². The fourth-order valence-corrected chi connectivity index (χ4v) is 5.59. The van der Waals surface area contributed by atoms with Gasteiger partial charge in [0.15, 0.2) is 11.5 Å². The zero-order valence-corrected chi connectivity index (χ0v) is 26.5. The van der Waals surface area contributed by atoms with Crippen molar-refractivity contribution in [3.63, 3.8) is 0 Å². The number of benzene rings is 4. The van der Waals surface area contributed by atoms with Crippen LogP contribution in [0.15, 0.2) is 91.0 Å². The number of hydrogen-bond acceptors (Lipinski definition) is 5. The number of amides is 2. The highest BCUT2D eigenvalue weighted by Gasteiger charge is 2.35. The van der Waals surface area contributed by atoms with Crippen molar-refractivity contribution in [1.29, 1.82) is 0 Å². The number of ether oxygens (including phenoxy) is 3. The minimum Gasteiger partial charge on any atom is -0.493 e. The van der Waals surface area contributed by atoms with Gasteiger partial charge in [0, 0.05) is 30.3 Å². The Morgan fingerprint density at radius 2 is 1.62 bits per heavy atom. The van der Waals surface area contributed by atoms with E-state index in [2.05, 4.69) is 24.4 Å². The molecule has 4 aromatic rings. The number of methoxy groups -OCH3 is 1. The summed E-state index contributed by atoms with van der Waals surface area (Å²) >= 11 is 0. The molecule has 0 fully saturated rings. The predicted octanol–water partition coefficient (Wildman–Crippen LogP) is 8.21. The van der Waals surface area contributed by atoms with Crippen molar-refractivity contribution in [1.82, 2.24) is 4.90 Å². The highest BCUT2D eigenvalue weighted by Crippen LogP contribution is 2.35. The van der Waals surface area contributed by atoms with Crippen molar-refractivity contribution in [2.24, 2.45) is 0 Å². The Labute approximate surface area is 266 Å². The molecular formula is C38H42N2O5. The first-order chi connectivity index (χ1) is 21.8. The maximum absolute atomic E-state index is 14.1. The summed E-state index contributed by atoms with van der Waals surface area (Å²) in [7, 11) is 1.59. The number of anilines is 1. The summed E-state index contributed by atoms with van der Waals surface area (Å²) in [5, 5.41) is 3.07. The summed E-state index contributed by atoms with van der Waals surface area (Å²) < 4.78 is 17.4. The monoisotopic (exact) mass is 606 g/mol. The lowest BCUT2D eigenvalue weighted by Crippen LogP contribution is -2.50. The van der Waals surface area contributed by atoms with E-state index in [1.807, 2.05) is 50.2 Å². The van der Waals surface area contributed by atoms with Crippen LogP contribution in [0.2, 0.25) is 0 Å². The summed E-state index contributed by atoms with van der Waals surface area (Å²) in [6.07, 6.45) is 4.96. The maximum Gasteiger partial charge on any atom is 0.254 e. The standard InChI is InChI=1S/C38H42N2O5/c1-5-6-7-11-27-16-18-31(19-17-27)39-37(41)34-23-28-12-8-9-13-30(28)25-40(34)38(42)29-14-10-15-32(22-29)45-33-20-21-35(43-4)36(24-33)44-26(2)3/h8-10,12-22,24,26,34H,5-7,11,23,25H2,1-4H3,(H,39,41)/t34-/m0/s1. The van der Waals surface area contributed by atoms with Crippen LogP contribution < -0.4 is 19.5 Å². The van der Waals surface area contributed by atoms with Crippen molar-refractivity contribution in [2.45, 2.75) is 71.6 Å². The van der Waals surface area contributed by atoms with Crippen molar-refractivity contribution < 1.29 is 23.8 Å². The highest BCUT2D eigenvalue weighted by atomic mass is 16.5. The molecule has 0 aliphatic carbocycles. The number of hydrogen-bond donors (Lipinski definition) is 1. The normalized spacial score (nSPS) is 14.1. The second kappa shape index (κ2) is 14.8. The van der Waals surface area contributed by atoms with Gasteiger partial charge in [-0.25, -0.2) is 0 Å². The SMILES string of the molecule is CCCCCc1ccc(NC(=O)[C@@H]2Cc3ccccc3CN2C(=O)c2cccc(Oc3ccc(OC)c(OC(C)C)c3)c2)cc1. The Bertz CT molecular complexity index is 1610. The van der Waals surface area contributed by atoms with Gasteiger partial charge < -0.3 is 24.4 Å². The first-order valence-electron chi connectivity index (χ1n) is 15.7. The molecule has 0 bridgehead atoms. The van der Waals surface area contributed by atoms with Gasteiger partial charge in [-0.1, -0.05) is 62.2 Å². The molecule has 4 aromatic carbocycles. The molecule has 234 valence electrons. The van der Waals surface area contributed by atoms with Crippen LogP contribution in [0.25, 0.3) is 0 Å². The fourth-order valence-electron chi connectivity index (χ4n) is 5.59. The lowest BCUT2D eigenvalue weighted by molar-refractivity contribution is -0.121. The van der Waals surface area contributed by atoms with E-state index in [4.69, 9.17) is 14.2 Å². The van der Waals surface area contributed by atoms with Gasteiger partial charge in [-0.05, 0) is 85.8 Å². The van der Waals surface area contributed by atoms with Crippen LogP contribution in [-0.4, -0.2) is 36.0 Å². The van der Waals surface area contributed by atoms with Crippen LogP contribution in [-0.2, 0) is 24.2 Å². The van der Waals surface area contributed by atoms with Gasteiger partial charge >= 0.3 is 0 Å². The molecule has 2 amide bonds. The van der Waals surface area contributed by atoms with Crippen LogP contribution in [0.1, 0.15) is 67.1 Å². The van der Waals surface area contributed by atoms with Crippen molar-refractivity contribution in [3.05, 3.63) is 113 Å². The Hall–Kier alpha value is -4.78. The number of aryl methyl sites for hydroxylation is 1. The number of nitrogens with zero attached hydrogens (tertiary/aromatic N) is 1. The summed E-state index contributed by atoms with van der Waals surface area (Å²) in [5.41, 5.74) is 4.53. The minimum absolute atomic E-state index is 0.0372. The molecule has 7 nitrogen and oxygen atoms in total. The van der Waals surface area contributed by atoms with Gasteiger partial charge in [0.1, 0.15) is 17.5 Å². The van der Waals surface area contributed by atoms with Gasteiger partial charge in [-0.3, -0.25) is 9.59 Å². The Morgan fingerprint density at radius 3 is 2.36 bits per heavy atom. The number of rotatable bonds is 12. The topological polar surface area (TPSA) is 77.1 Å². The summed E-state index contributed by atoms with van der Waals surface area (Å²) in [6, 6.07) is 27.7. The molecule has 1 N–H and O–H groups in total. The fraction of sp³-hybridized carbons (Fsp3) is 0.316. The molecule has 0 aromatic heterocycles. The molecule has 5 rings (SSSR count). The Morgan fingerprint density at radius 1 is 0.867 bits per heavy atom. The molecule has 0 radical (unpaired) electrons. The van der Waals surface area contributed by atoms with Crippen LogP contribution in [0.4, 0.5) is 5.69 Å². The number of carbonyl (C=O) groups excluding carboxylic acids is 2. The summed E-state index contributed by atoms with van der Waals surface area (Å²) in [5.74, 6) is 1.79. The van der Waals surface area contributed by atoms with E-state index in [0.29, 0.717) is 41.5 Å². The quantitative estimate of drug-likeness (QED) is 0.165. The zero-order valence-electron chi connectivity index (χ0n) is 26.5. The second-order valence-corrected chi connectivity index (χ2v) is 11.7. The van der Waals surface area contributed by atoms with E-state index < -0.39 is 6.04 Å². The third kappa shape index (κ3) is 8.04. The third-order valence-corrected chi connectivity index (χ3v) is 7.92. The van der Waals surface area contributed by atoms with Crippen molar-refractivity contribution in [3.8, 4) is 23.0 Å². The molecule has 1 atom stereocenters. The average Bonchev–Trinajstić information content (AvgIpc) is 3.04. The van der Waals surface area contributed by atoms with E-state index >= 15 is 0 Å². The number of carbonyl (C=O) groups is 2. The summed E-state index contributed by atoms with van der Waals surface area (Å²) in [6.45, 7) is 6.42. The zero-order chi connectivity index (χ0) is 31.8. The molecule has 45 heavy (non-hydrogen) atoms. The molecule has 0 saturated carbocycles. The highest BCUT2D eigenvalue weighted by molar-refractivity contribution is 6.01. The molecule has 1 heterocycles. The molecule has 1 aliphatic rings. The maximum atomic E-state index is 14.1. The predicted molar refractivity (Wildman–Crippen MR) is 177 cm³/mol. The van der Waals surface area contributed by atoms with E-state index in [0.717, 1.165) is 29.7 Å². The van der Waals surface area contributed by atoms with Gasteiger partial charge in [0.25, 0.3) is 5.91 Å². The number of nitrogens with one attached hydrogen (secondary N) is 1. The first-order valence-corrected chi connectivity index (χ1v) is 15.7. The third-order valence-electron chi connectivity index (χ3n) is 7.92. The van der Waals surface area contributed by atoms with E-state index in [1.165, 1.54) is 18.4 Å². The first kappa shape index (κ1) is 31.6. The van der Waals surface area contributed by atoms with Gasteiger partial charge in [0.2, 0.25) is 5.91 Å². The van der Waals surface area contributed by atoms with Crippen molar-refractivity contribution in [2.75, 3.05) is 12.4 Å². The van der Waals surface area contributed by atoms with Crippen LogP contribution >= 0.6 is 0 Å². The Balaban J connectivity index is 1.35. The van der Waals surface area contributed by atoms with Gasteiger partial charge in [-0.15, -0.1) is 0 Å². The molecule has 1 aliphatic heterocycles. The van der Waals surface area contributed by atoms with Crippen molar-refractivity contribution >= 4 is 17.5 Å². The lowest BCUT2D eigenvalue weighted by atomic mass is 9.92. The van der Waals surface area contributed by atoms with Gasteiger partial charge in [0.05, 0.1) is 13.2 Å². The number of unbranched alkanes of at least 4 members (excludes halogenated alkanes) is 2. The van der Waals surface area contributed by atoms with Crippen LogP contribution in [0, 0.1) is 0 Å². The van der Waals surface area contributed by atoms with Crippen LogP contribution in [0.5, 0.6) is 23.0 Å². The molecule has 0 spiro atoms. The minimum atomic E-state index is -0.668. The molecule has 0 saturated heterocycles. The van der Waals surface area contributed by atoms with E-state index in [9.17, 15) is 9.59 Å². The second-order valence-electron chi connectivity index (χ2n) is 11.7.